The van der Waals surface area contributed by atoms with Gasteiger partial charge in [-0.15, -0.1) is 0 Å². The van der Waals surface area contributed by atoms with E-state index in [0.29, 0.717) is 36.4 Å². The molecule has 2 rings (SSSR count). The molecule has 0 aliphatic heterocycles. The Bertz CT molecular complexity index is 565. The monoisotopic (exact) mass is 314 g/mol. The second kappa shape index (κ2) is 6.94. The molecule has 6 heteroatoms. The predicted octanol–water partition coefficient (Wildman–Crippen LogP) is 2.41. The minimum absolute atomic E-state index is 0.260. The third-order valence-electron chi connectivity index (χ3n) is 4.39. The third kappa shape index (κ3) is 4.08. The quantitative estimate of drug-likeness (QED) is 0.846. The summed E-state index contributed by atoms with van der Waals surface area (Å²) in [5, 5.41) is 2.96. The molecule has 0 aromatic carbocycles. The molecule has 1 aliphatic rings. The van der Waals surface area contributed by atoms with Crippen LogP contribution >= 0.6 is 0 Å². The van der Waals surface area contributed by atoms with Crippen LogP contribution < -0.4 is 10.0 Å². The van der Waals surface area contributed by atoms with E-state index in [9.17, 15) is 8.42 Å². The molecule has 1 heterocycles. The number of rotatable bonds is 6. The van der Waals surface area contributed by atoms with E-state index < -0.39 is 10.0 Å². The van der Waals surface area contributed by atoms with Gasteiger partial charge in [-0.05, 0) is 32.2 Å². The first-order valence-corrected chi connectivity index (χ1v) is 9.16. The van der Waals surface area contributed by atoms with Crippen molar-refractivity contribution in [2.45, 2.75) is 51.0 Å². The first-order chi connectivity index (χ1) is 9.94. The summed E-state index contributed by atoms with van der Waals surface area (Å²) in [4.78, 5) is 0.260. The summed E-state index contributed by atoms with van der Waals surface area (Å²) in [6.07, 6.45) is 4.77. The van der Waals surface area contributed by atoms with Crippen LogP contribution in [-0.2, 0) is 16.6 Å². The van der Waals surface area contributed by atoms with Crippen molar-refractivity contribution < 1.29 is 12.8 Å². The Morgan fingerprint density at radius 1 is 1.33 bits per heavy atom. The molecule has 2 N–H and O–H groups in total. The Hall–Kier alpha value is -0.850. The minimum Gasteiger partial charge on any atom is -0.464 e. The highest BCUT2D eigenvalue weighted by Gasteiger charge is 2.26. The molecule has 0 radical (unpaired) electrons. The fourth-order valence-corrected chi connectivity index (χ4v) is 4.34. The molecule has 2 atom stereocenters. The predicted molar refractivity (Wildman–Crippen MR) is 82.5 cm³/mol. The Morgan fingerprint density at radius 3 is 2.71 bits per heavy atom. The van der Waals surface area contributed by atoms with Gasteiger partial charge in [-0.25, -0.2) is 13.1 Å². The van der Waals surface area contributed by atoms with Crippen LogP contribution in [-0.4, -0.2) is 22.0 Å². The third-order valence-corrected chi connectivity index (χ3v) is 5.92. The van der Waals surface area contributed by atoms with Crippen molar-refractivity contribution in [3.63, 3.8) is 0 Å². The van der Waals surface area contributed by atoms with E-state index in [0.717, 1.165) is 6.42 Å². The van der Waals surface area contributed by atoms with Crippen molar-refractivity contribution >= 4 is 10.0 Å². The minimum atomic E-state index is -3.48. The Balaban J connectivity index is 2.04. The number of hydrogen-bond acceptors (Lipinski definition) is 4. The fourth-order valence-electron chi connectivity index (χ4n) is 3.04. The zero-order valence-corrected chi connectivity index (χ0v) is 13.9. The molecular weight excluding hydrogens is 288 g/mol. The Labute approximate surface area is 127 Å². The molecule has 120 valence electrons. The summed E-state index contributed by atoms with van der Waals surface area (Å²) in [5.74, 6) is 2.12. The second-order valence-electron chi connectivity index (χ2n) is 6.04. The van der Waals surface area contributed by atoms with Crippen LogP contribution in [0.2, 0.25) is 0 Å². The summed E-state index contributed by atoms with van der Waals surface area (Å²) in [5.41, 5.74) is 0. The molecule has 1 aliphatic carbocycles. The van der Waals surface area contributed by atoms with Gasteiger partial charge in [-0.2, -0.15) is 0 Å². The smallest absolute Gasteiger partial charge is 0.244 e. The van der Waals surface area contributed by atoms with E-state index in [1.807, 2.05) is 0 Å². The summed E-state index contributed by atoms with van der Waals surface area (Å²) in [6, 6.07) is 1.61. The van der Waals surface area contributed by atoms with Crippen LogP contribution in [0.5, 0.6) is 0 Å². The number of nitrogens with one attached hydrogen (secondary N) is 2. The van der Waals surface area contributed by atoms with Crippen molar-refractivity contribution in [2.75, 3.05) is 13.6 Å². The zero-order chi connectivity index (χ0) is 15.5. The summed E-state index contributed by atoms with van der Waals surface area (Å²) in [7, 11) is -1.68. The van der Waals surface area contributed by atoms with E-state index >= 15 is 0 Å². The number of hydrogen-bond donors (Lipinski definition) is 2. The molecular formula is C15H26N2O3S. The number of aryl methyl sites for hydroxylation is 1. The molecule has 1 aromatic rings. The van der Waals surface area contributed by atoms with Gasteiger partial charge in [0.05, 0.1) is 6.54 Å². The van der Waals surface area contributed by atoms with Crippen molar-refractivity contribution in [2.24, 2.45) is 11.8 Å². The largest absolute Gasteiger partial charge is 0.464 e. The van der Waals surface area contributed by atoms with E-state index in [1.165, 1.54) is 19.3 Å². The zero-order valence-electron chi connectivity index (χ0n) is 13.1. The lowest BCUT2D eigenvalue weighted by Gasteiger charge is -2.28. The van der Waals surface area contributed by atoms with Gasteiger partial charge >= 0.3 is 0 Å². The number of sulfonamides is 1. The maximum atomic E-state index is 12.4. The van der Waals surface area contributed by atoms with Crippen molar-refractivity contribution in [3.8, 4) is 0 Å². The number of furan rings is 1. The average molecular weight is 314 g/mol. The Kier molecular flexibility index (Phi) is 5.46. The van der Waals surface area contributed by atoms with Gasteiger partial charge in [0.1, 0.15) is 16.4 Å². The molecule has 2 unspecified atom stereocenters. The van der Waals surface area contributed by atoms with Gasteiger partial charge in [0.15, 0.2) is 0 Å². The van der Waals surface area contributed by atoms with Gasteiger partial charge < -0.3 is 9.73 Å². The standard InChI is InChI=1S/C15H26N2O3S/c1-11-6-4-5-7-13(11)9-17-21(18,19)15-8-14(10-16-3)20-12(15)2/h8,11,13,16-17H,4-7,9-10H2,1-3H3. The van der Waals surface area contributed by atoms with Crippen molar-refractivity contribution in [1.29, 1.82) is 0 Å². The Morgan fingerprint density at radius 2 is 2.05 bits per heavy atom. The van der Waals surface area contributed by atoms with Gasteiger partial charge in [0.2, 0.25) is 10.0 Å². The van der Waals surface area contributed by atoms with E-state index in [2.05, 4.69) is 17.0 Å². The van der Waals surface area contributed by atoms with Crippen LogP contribution in [0.1, 0.15) is 44.1 Å². The topological polar surface area (TPSA) is 71.3 Å². The molecule has 21 heavy (non-hydrogen) atoms. The van der Waals surface area contributed by atoms with Gasteiger partial charge in [-0.3, -0.25) is 0 Å². The van der Waals surface area contributed by atoms with Crippen LogP contribution in [0.25, 0.3) is 0 Å². The first kappa shape index (κ1) is 16.5. The summed E-state index contributed by atoms with van der Waals surface area (Å²) < 4.78 is 33.1. The van der Waals surface area contributed by atoms with Gasteiger partial charge in [0.25, 0.3) is 0 Å². The molecule has 0 saturated heterocycles. The summed E-state index contributed by atoms with van der Waals surface area (Å²) >= 11 is 0. The second-order valence-corrected chi connectivity index (χ2v) is 7.77. The molecule has 1 fully saturated rings. The van der Waals surface area contributed by atoms with Crippen LogP contribution in [0.4, 0.5) is 0 Å². The van der Waals surface area contributed by atoms with Gasteiger partial charge in [0, 0.05) is 12.6 Å². The van der Waals surface area contributed by atoms with Crippen molar-refractivity contribution in [1.82, 2.24) is 10.0 Å². The lowest BCUT2D eigenvalue weighted by Crippen LogP contribution is -2.33. The van der Waals surface area contributed by atoms with E-state index in [-0.39, 0.29) is 4.90 Å². The maximum absolute atomic E-state index is 12.4. The lowest BCUT2D eigenvalue weighted by molar-refractivity contribution is 0.257. The lowest BCUT2D eigenvalue weighted by atomic mass is 9.81. The molecule has 1 aromatic heterocycles. The van der Waals surface area contributed by atoms with Gasteiger partial charge in [-0.1, -0.05) is 26.2 Å². The van der Waals surface area contributed by atoms with Crippen molar-refractivity contribution in [3.05, 3.63) is 17.6 Å². The van der Waals surface area contributed by atoms with E-state index in [1.54, 1.807) is 20.0 Å². The van der Waals surface area contributed by atoms with Crippen LogP contribution in [0.3, 0.4) is 0 Å². The normalized spacial score (nSPS) is 23.4. The molecule has 0 bridgehead atoms. The highest BCUT2D eigenvalue weighted by Crippen LogP contribution is 2.29. The fraction of sp³-hybridized carbons (Fsp3) is 0.733. The van der Waals surface area contributed by atoms with Crippen LogP contribution in [0, 0.1) is 18.8 Å². The van der Waals surface area contributed by atoms with E-state index in [4.69, 9.17) is 4.42 Å². The SMILES string of the molecule is CNCc1cc(S(=O)(=O)NCC2CCCCC2C)c(C)o1. The van der Waals surface area contributed by atoms with Crippen LogP contribution in [0.15, 0.2) is 15.4 Å². The first-order valence-electron chi connectivity index (χ1n) is 7.67. The highest BCUT2D eigenvalue weighted by molar-refractivity contribution is 7.89. The summed E-state index contributed by atoms with van der Waals surface area (Å²) in [6.45, 7) is 4.95. The highest BCUT2D eigenvalue weighted by atomic mass is 32.2. The molecule has 0 spiro atoms. The maximum Gasteiger partial charge on any atom is 0.244 e. The average Bonchev–Trinajstić information content (AvgIpc) is 2.80. The molecule has 0 amide bonds. The molecule has 1 saturated carbocycles. The molecule has 5 nitrogen and oxygen atoms in total.